The van der Waals surface area contributed by atoms with E-state index in [4.69, 9.17) is 13.3 Å². The van der Waals surface area contributed by atoms with Gasteiger partial charge in [0.05, 0.1) is 21.9 Å². The summed E-state index contributed by atoms with van der Waals surface area (Å²) in [5, 5.41) is 11.5. The molecule has 184 valence electrons. The summed E-state index contributed by atoms with van der Waals surface area (Å²) in [5.74, 6) is 0. The van der Waals surface area contributed by atoms with Crippen molar-refractivity contribution >= 4 is 104 Å². The fourth-order valence-electron chi connectivity index (χ4n) is 7.38. The van der Waals surface area contributed by atoms with E-state index in [2.05, 4.69) is 83.3 Å². The lowest BCUT2D eigenvalue weighted by Gasteiger charge is -2.01. The highest BCUT2D eigenvalue weighted by atomic mass is 16.3. The topological polar surface area (TPSA) is 43.8 Å². The first-order chi connectivity index (χ1) is 19.8. The van der Waals surface area contributed by atoms with Crippen molar-refractivity contribution in [3.63, 3.8) is 0 Å². The molecule has 40 heavy (non-hydrogen) atoms. The Morgan fingerprint density at radius 2 is 0.925 bits per heavy atom. The van der Waals surface area contributed by atoms with Gasteiger partial charge in [-0.1, -0.05) is 54.6 Å². The summed E-state index contributed by atoms with van der Waals surface area (Å²) in [4.78, 5) is 0. The zero-order valence-electron chi connectivity index (χ0n) is 21.0. The van der Waals surface area contributed by atoms with E-state index in [9.17, 15) is 0 Å². The molecule has 0 spiro atoms. The van der Waals surface area contributed by atoms with Gasteiger partial charge in [-0.3, -0.25) is 0 Å². The lowest BCUT2D eigenvalue weighted by Crippen LogP contribution is -1.80. The number of fused-ring (bicyclic) bond motifs is 18. The van der Waals surface area contributed by atoms with E-state index in [-0.39, 0.29) is 0 Å². The molecule has 11 aromatic rings. The van der Waals surface area contributed by atoms with E-state index in [1.807, 2.05) is 24.3 Å². The number of furan rings is 3. The molecular formula is C36H17NO3. The van der Waals surface area contributed by atoms with E-state index < -0.39 is 0 Å². The third kappa shape index (κ3) is 2.05. The van der Waals surface area contributed by atoms with Gasteiger partial charge in [0, 0.05) is 48.5 Å². The molecule has 4 heteroatoms. The van der Waals surface area contributed by atoms with Crippen LogP contribution in [0.3, 0.4) is 0 Å². The van der Waals surface area contributed by atoms with Crippen LogP contribution in [0.4, 0.5) is 0 Å². The van der Waals surface area contributed by atoms with Crippen LogP contribution in [0.2, 0.25) is 0 Å². The Balaban J connectivity index is 1.54. The van der Waals surface area contributed by atoms with Gasteiger partial charge in [0.2, 0.25) is 0 Å². The van der Waals surface area contributed by atoms with E-state index in [0.29, 0.717) is 0 Å². The lowest BCUT2D eigenvalue weighted by atomic mass is 9.99. The van der Waals surface area contributed by atoms with Crippen molar-refractivity contribution in [1.82, 2.24) is 4.40 Å². The van der Waals surface area contributed by atoms with Gasteiger partial charge in [-0.2, -0.15) is 0 Å². The predicted molar refractivity (Wildman–Crippen MR) is 163 cm³/mol. The minimum atomic E-state index is 0.888. The fraction of sp³-hybridized carbons (Fsp3) is 0. The number of hydrogen-bond acceptors (Lipinski definition) is 3. The molecule has 0 aliphatic carbocycles. The van der Waals surface area contributed by atoms with Gasteiger partial charge in [-0.05, 0) is 48.5 Å². The highest BCUT2D eigenvalue weighted by Gasteiger charge is 2.27. The molecule has 5 heterocycles. The Morgan fingerprint density at radius 3 is 1.60 bits per heavy atom. The van der Waals surface area contributed by atoms with Crippen molar-refractivity contribution in [1.29, 1.82) is 0 Å². The molecule has 0 N–H and O–H groups in total. The molecule has 5 aromatic heterocycles. The third-order valence-corrected chi connectivity index (χ3v) is 8.91. The van der Waals surface area contributed by atoms with Crippen molar-refractivity contribution in [2.75, 3.05) is 0 Å². The van der Waals surface area contributed by atoms with Crippen LogP contribution in [0.1, 0.15) is 0 Å². The molecule has 0 saturated carbocycles. The van der Waals surface area contributed by atoms with Gasteiger partial charge >= 0.3 is 0 Å². The second-order valence-corrected chi connectivity index (χ2v) is 10.8. The molecule has 0 saturated heterocycles. The maximum absolute atomic E-state index is 6.69. The third-order valence-electron chi connectivity index (χ3n) is 8.91. The summed E-state index contributed by atoms with van der Waals surface area (Å²) in [6.45, 7) is 0. The van der Waals surface area contributed by atoms with Crippen LogP contribution in [0.5, 0.6) is 0 Å². The molecule has 11 rings (SSSR count). The van der Waals surface area contributed by atoms with Crippen LogP contribution >= 0.6 is 0 Å². The van der Waals surface area contributed by atoms with E-state index in [1.165, 1.54) is 21.7 Å². The lowest BCUT2D eigenvalue weighted by molar-refractivity contribution is 0.669. The van der Waals surface area contributed by atoms with Crippen molar-refractivity contribution < 1.29 is 13.3 Å². The first kappa shape index (κ1) is 19.6. The van der Waals surface area contributed by atoms with E-state index >= 15 is 0 Å². The van der Waals surface area contributed by atoms with E-state index in [0.717, 1.165) is 82.2 Å². The molecule has 0 fully saturated rings. The maximum atomic E-state index is 6.69. The summed E-state index contributed by atoms with van der Waals surface area (Å²) >= 11 is 0. The molecule has 0 aliphatic rings. The molecule has 0 radical (unpaired) electrons. The van der Waals surface area contributed by atoms with Gasteiger partial charge in [0.15, 0.2) is 0 Å². The normalized spacial score (nSPS) is 13.0. The smallest absolute Gasteiger partial charge is 0.145 e. The second kappa shape index (κ2) is 6.38. The van der Waals surface area contributed by atoms with E-state index in [1.54, 1.807) is 0 Å². The van der Waals surface area contributed by atoms with Gasteiger partial charge < -0.3 is 17.7 Å². The Hall–Kier alpha value is -5.48. The summed E-state index contributed by atoms with van der Waals surface area (Å²) in [6, 6.07) is 35.9. The van der Waals surface area contributed by atoms with Crippen molar-refractivity contribution in [2.24, 2.45) is 0 Å². The zero-order chi connectivity index (χ0) is 25.7. The molecule has 0 unspecified atom stereocenters. The van der Waals surface area contributed by atoms with Crippen LogP contribution in [0, 0.1) is 0 Å². The van der Waals surface area contributed by atoms with Crippen molar-refractivity contribution in [3.8, 4) is 0 Å². The Kier molecular flexibility index (Phi) is 3.12. The minimum Gasteiger partial charge on any atom is -0.456 e. The highest BCUT2D eigenvalue weighted by Crippen LogP contribution is 2.50. The summed E-state index contributed by atoms with van der Waals surface area (Å²) < 4.78 is 21.8. The predicted octanol–water partition coefficient (Wildman–Crippen LogP) is 10.5. The van der Waals surface area contributed by atoms with Gasteiger partial charge in [-0.15, -0.1) is 0 Å². The monoisotopic (exact) mass is 511 g/mol. The molecule has 6 aromatic carbocycles. The molecule has 0 atom stereocenters. The van der Waals surface area contributed by atoms with Gasteiger partial charge in [0.1, 0.15) is 33.5 Å². The molecule has 0 aliphatic heterocycles. The Morgan fingerprint density at radius 1 is 0.375 bits per heavy atom. The largest absolute Gasteiger partial charge is 0.456 e. The van der Waals surface area contributed by atoms with Crippen LogP contribution in [0.25, 0.3) is 104 Å². The van der Waals surface area contributed by atoms with Gasteiger partial charge in [0.25, 0.3) is 0 Å². The van der Waals surface area contributed by atoms with Crippen LogP contribution in [-0.4, -0.2) is 4.40 Å². The number of para-hydroxylation sites is 3. The van der Waals surface area contributed by atoms with Crippen molar-refractivity contribution in [3.05, 3.63) is 103 Å². The SMILES string of the molecule is c1ccc2c(c1)oc1c2cc2c3c4c(ccc3n3c5ccc6oc7ccccc7c6c5c1c23)oc1ccccc14. The first-order valence-corrected chi connectivity index (χ1v) is 13.5. The average molecular weight is 512 g/mol. The number of hydrogen-bond donors (Lipinski definition) is 0. The molecule has 0 bridgehead atoms. The standard InChI is InChI=1S/C36H17NO3/c1-4-10-25-18(7-1)21-17-22-30-23(13-15-28-31(30)19-8-2-5-11-26(19)38-28)37-24-14-16-29-32(20-9-3-6-12-27(20)39-29)33(24)34(35(22)37)36(21)40-25/h1-17H. The number of aromatic nitrogens is 1. The first-order valence-electron chi connectivity index (χ1n) is 13.5. The summed E-state index contributed by atoms with van der Waals surface area (Å²) in [7, 11) is 0. The molecular weight excluding hydrogens is 494 g/mol. The Bertz CT molecular complexity index is 2870. The van der Waals surface area contributed by atoms with Gasteiger partial charge in [-0.25, -0.2) is 0 Å². The fourth-order valence-corrected chi connectivity index (χ4v) is 7.38. The minimum absolute atomic E-state index is 0.888. The average Bonchev–Trinajstić information content (AvgIpc) is 3.78. The Labute approximate surface area is 224 Å². The van der Waals surface area contributed by atoms with Crippen LogP contribution in [0.15, 0.2) is 116 Å². The zero-order valence-corrected chi connectivity index (χ0v) is 21.0. The maximum Gasteiger partial charge on any atom is 0.145 e. The number of nitrogens with zero attached hydrogens (tertiary/aromatic N) is 1. The second-order valence-electron chi connectivity index (χ2n) is 10.8. The quantitative estimate of drug-likeness (QED) is 0.203. The number of benzene rings is 6. The summed E-state index contributed by atoms with van der Waals surface area (Å²) in [5.41, 5.74) is 8.90. The van der Waals surface area contributed by atoms with Crippen LogP contribution < -0.4 is 0 Å². The number of rotatable bonds is 0. The van der Waals surface area contributed by atoms with Crippen molar-refractivity contribution in [2.45, 2.75) is 0 Å². The summed E-state index contributed by atoms with van der Waals surface area (Å²) in [6.07, 6.45) is 0. The highest BCUT2D eigenvalue weighted by molar-refractivity contribution is 6.40. The van der Waals surface area contributed by atoms with Crippen LogP contribution in [-0.2, 0) is 0 Å². The molecule has 4 nitrogen and oxygen atoms in total. The molecule has 0 amide bonds.